The zero-order chi connectivity index (χ0) is 16.6. The molecule has 4 nitrogen and oxygen atoms in total. The van der Waals surface area contributed by atoms with E-state index in [-0.39, 0.29) is 24.0 Å². The molecule has 1 aromatic carbocycles. The van der Waals surface area contributed by atoms with Crippen molar-refractivity contribution in [3.05, 3.63) is 34.8 Å². The molecule has 3 rings (SSSR count). The Morgan fingerprint density at radius 3 is 2.91 bits per heavy atom. The van der Waals surface area contributed by atoms with Crippen molar-refractivity contribution >= 4 is 34.0 Å². The van der Waals surface area contributed by atoms with Crippen LogP contribution in [0, 0.1) is 6.92 Å². The van der Waals surface area contributed by atoms with Crippen molar-refractivity contribution in [1.29, 1.82) is 0 Å². The molecule has 0 atom stereocenters. The second kappa shape index (κ2) is 6.04. The molecule has 0 saturated heterocycles. The lowest BCUT2D eigenvalue weighted by molar-refractivity contribution is -0.274. The summed E-state index contributed by atoms with van der Waals surface area (Å²) in [6.07, 6.45) is -4.74. The first-order valence-electron chi connectivity index (χ1n) is 6.57. The second-order valence-electron chi connectivity index (χ2n) is 4.81. The number of nitrogens with zero attached hydrogens (tertiary/aromatic N) is 2. The molecule has 0 N–H and O–H groups in total. The van der Waals surface area contributed by atoms with E-state index in [1.807, 2.05) is 6.92 Å². The predicted molar refractivity (Wildman–Crippen MR) is 81.9 cm³/mol. The number of benzene rings is 1. The molecule has 2 heterocycles. The number of thiazole rings is 1. The molecule has 23 heavy (non-hydrogen) atoms. The minimum absolute atomic E-state index is 0.0895. The van der Waals surface area contributed by atoms with Gasteiger partial charge in [-0.15, -0.1) is 24.5 Å². The summed E-state index contributed by atoms with van der Waals surface area (Å²) in [4.78, 5) is 18.1. The van der Waals surface area contributed by atoms with Crippen molar-refractivity contribution in [2.75, 3.05) is 10.7 Å². The minimum atomic E-state index is -4.74. The highest BCUT2D eigenvalue weighted by Gasteiger charge is 2.31. The first kappa shape index (κ1) is 16.1. The maximum absolute atomic E-state index is 12.3. The van der Waals surface area contributed by atoms with Crippen LogP contribution in [0.15, 0.2) is 29.3 Å². The van der Waals surface area contributed by atoms with Gasteiger partial charge in [0.25, 0.3) is 0 Å². The predicted octanol–water partition coefficient (Wildman–Crippen LogP) is 3.99. The lowest BCUT2D eigenvalue weighted by atomic mass is 10.2. The summed E-state index contributed by atoms with van der Waals surface area (Å²) in [5, 5.41) is 2.37. The summed E-state index contributed by atoms with van der Waals surface area (Å²) in [5.41, 5.74) is 0.559. The van der Waals surface area contributed by atoms with E-state index in [0.717, 1.165) is 15.0 Å². The number of amides is 1. The normalized spacial score (nSPS) is 14.8. The van der Waals surface area contributed by atoms with Crippen LogP contribution < -0.4 is 9.64 Å². The third-order valence-corrected chi connectivity index (χ3v) is 5.11. The van der Waals surface area contributed by atoms with Gasteiger partial charge in [-0.3, -0.25) is 9.69 Å². The Hall–Kier alpha value is -1.74. The first-order valence-corrected chi connectivity index (χ1v) is 8.37. The Kier molecular flexibility index (Phi) is 4.24. The molecule has 1 aliphatic heterocycles. The summed E-state index contributed by atoms with van der Waals surface area (Å²) in [6.45, 7) is 2.03. The monoisotopic (exact) mass is 360 g/mol. The summed E-state index contributed by atoms with van der Waals surface area (Å²) in [5.74, 6) is -0.114. The van der Waals surface area contributed by atoms with Gasteiger partial charge in [0.15, 0.2) is 0 Å². The van der Waals surface area contributed by atoms with Gasteiger partial charge in [-0.2, -0.15) is 0 Å². The highest BCUT2D eigenvalue weighted by atomic mass is 32.2. The van der Waals surface area contributed by atoms with Crippen molar-refractivity contribution in [3.8, 4) is 5.75 Å². The second-order valence-corrected chi connectivity index (χ2v) is 6.95. The molecule has 0 bridgehead atoms. The lowest BCUT2D eigenvalue weighted by Crippen LogP contribution is -2.34. The Morgan fingerprint density at radius 2 is 2.17 bits per heavy atom. The van der Waals surface area contributed by atoms with Crippen molar-refractivity contribution in [2.24, 2.45) is 0 Å². The van der Waals surface area contributed by atoms with Crippen LogP contribution >= 0.6 is 23.1 Å². The molecule has 0 fully saturated rings. The van der Waals surface area contributed by atoms with E-state index in [1.54, 1.807) is 11.0 Å². The van der Waals surface area contributed by atoms with Crippen LogP contribution in [0.4, 0.5) is 18.2 Å². The first-order chi connectivity index (χ1) is 10.8. The molecule has 1 aromatic heterocycles. The number of rotatable bonds is 3. The van der Waals surface area contributed by atoms with Crippen LogP contribution in [-0.4, -0.2) is 23.0 Å². The van der Waals surface area contributed by atoms with Crippen molar-refractivity contribution in [2.45, 2.75) is 24.9 Å². The fraction of sp³-hybridized carbons (Fsp3) is 0.286. The van der Waals surface area contributed by atoms with E-state index in [2.05, 4.69) is 9.72 Å². The van der Waals surface area contributed by atoms with Gasteiger partial charge >= 0.3 is 6.36 Å². The number of aromatic nitrogens is 1. The van der Waals surface area contributed by atoms with Gasteiger partial charge in [0.05, 0.1) is 17.3 Å². The molecule has 0 saturated carbocycles. The summed E-state index contributed by atoms with van der Waals surface area (Å²) < 4.78 is 40.8. The van der Waals surface area contributed by atoms with E-state index >= 15 is 0 Å². The number of carbonyl (C=O) groups is 1. The maximum atomic E-state index is 12.3. The molecule has 2 aromatic rings. The molecule has 0 radical (unpaired) electrons. The van der Waals surface area contributed by atoms with Crippen LogP contribution in [0.25, 0.3) is 0 Å². The average Bonchev–Trinajstić information content (AvgIpc) is 2.81. The van der Waals surface area contributed by atoms with Crippen molar-refractivity contribution < 1.29 is 22.7 Å². The smallest absolute Gasteiger partial charge is 0.406 e. The number of aryl methyl sites for hydroxylation is 1. The number of halogens is 3. The Balaban J connectivity index is 1.84. The Labute approximate surface area is 138 Å². The van der Waals surface area contributed by atoms with Crippen LogP contribution in [0.2, 0.25) is 0 Å². The number of anilines is 1. The van der Waals surface area contributed by atoms with Gasteiger partial charge in [0.1, 0.15) is 15.8 Å². The van der Waals surface area contributed by atoms with Gasteiger partial charge in [-0.25, -0.2) is 4.98 Å². The third-order valence-electron chi connectivity index (χ3n) is 3.04. The maximum Gasteiger partial charge on any atom is 0.573 e. The number of hydrogen-bond donors (Lipinski definition) is 0. The van der Waals surface area contributed by atoms with E-state index in [1.165, 1.54) is 41.3 Å². The van der Waals surface area contributed by atoms with Crippen molar-refractivity contribution in [1.82, 2.24) is 4.98 Å². The quantitative estimate of drug-likeness (QED) is 0.830. The van der Waals surface area contributed by atoms with E-state index in [9.17, 15) is 18.0 Å². The van der Waals surface area contributed by atoms with Gasteiger partial charge in [0.2, 0.25) is 5.91 Å². The van der Waals surface area contributed by atoms with Crippen molar-refractivity contribution in [3.63, 3.8) is 0 Å². The topological polar surface area (TPSA) is 42.4 Å². The van der Waals surface area contributed by atoms with E-state index < -0.39 is 6.36 Å². The molecule has 0 unspecified atom stereocenters. The number of alkyl halides is 3. The van der Waals surface area contributed by atoms with Crippen LogP contribution in [0.1, 0.15) is 10.6 Å². The Bertz CT molecular complexity index is 746. The zero-order valence-corrected chi connectivity index (χ0v) is 13.5. The van der Waals surface area contributed by atoms with Gasteiger partial charge < -0.3 is 4.74 Å². The molecular formula is C14H11F3N2O2S2. The lowest BCUT2D eigenvalue weighted by Gasteiger charge is -2.25. The number of carbonyl (C=O) groups excluding carboxylic acids is 1. The van der Waals surface area contributed by atoms with Gasteiger partial charge in [-0.05, 0) is 24.6 Å². The molecule has 0 aliphatic carbocycles. The summed E-state index contributed by atoms with van der Waals surface area (Å²) in [6, 6.07) is 5.65. The number of thioether (sulfide) groups is 1. The average molecular weight is 360 g/mol. The number of ether oxygens (including phenoxy) is 1. The third kappa shape index (κ3) is 3.78. The largest absolute Gasteiger partial charge is 0.573 e. The summed E-state index contributed by atoms with van der Waals surface area (Å²) >= 11 is 2.78. The molecule has 0 spiro atoms. The zero-order valence-electron chi connectivity index (χ0n) is 11.9. The van der Waals surface area contributed by atoms with E-state index in [4.69, 9.17) is 0 Å². The van der Waals surface area contributed by atoms with Gasteiger partial charge in [0, 0.05) is 0 Å². The highest BCUT2D eigenvalue weighted by molar-refractivity contribution is 8.00. The van der Waals surface area contributed by atoms with Crippen LogP contribution in [0.3, 0.4) is 0 Å². The van der Waals surface area contributed by atoms with E-state index in [0.29, 0.717) is 5.56 Å². The minimum Gasteiger partial charge on any atom is -0.406 e. The molecule has 9 heteroatoms. The molecule has 1 aliphatic rings. The Morgan fingerprint density at radius 1 is 1.39 bits per heavy atom. The standard InChI is InChI=1S/C14H11F3N2O2S2/c1-8-18-12-13(23-8)19(11(20)7-22-12)6-9-3-2-4-10(5-9)21-14(15,16)17/h2-5H,6-7H2,1H3. The number of fused-ring (bicyclic) bond motifs is 1. The SMILES string of the molecule is Cc1nc2c(s1)N(Cc1cccc(OC(F)(F)F)c1)C(=O)CS2. The molecule has 1 amide bonds. The summed E-state index contributed by atoms with van der Waals surface area (Å²) in [7, 11) is 0. The molecule has 122 valence electrons. The molecular weight excluding hydrogens is 349 g/mol. The van der Waals surface area contributed by atoms with Crippen LogP contribution in [0.5, 0.6) is 5.75 Å². The van der Waals surface area contributed by atoms with Crippen LogP contribution in [-0.2, 0) is 11.3 Å². The fourth-order valence-electron chi connectivity index (χ4n) is 2.17. The van der Waals surface area contributed by atoms with Gasteiger partial charge in [-0.1, -0.05) is 23.9 Å². The number of hydrogen-bond acceptors (Lipinski definition) is 5. The fourth-order valence-corrected chi connectivity index (χ4v) is 4.20. The highest BCUT2D eigenvalue weighted by Crippen LogP contribution is 2.40.